The summed E-state index contributed by atoms with van der Waals surface area (Å²) in [7, 11) is 0. The van der Waals surface area contributed by atoms with E-state index < -0.39 is 0 Å². The molecule has 0 radical (unpaired) electrons. The van der Waals surface area contributed by atoms with E-state index in [1.165, 1.54) is 149 Å². The van der Waals surface area contributed by atoms with Gasteiger partial charge >= 0.3 is 81.1 Å². The van der Waals surface area contributed by atoms with E-state index in [2.05, 4.69) is 63.9 Å². The first-order valence-electron chi connectivity index (χ1n) is 16.6. The molecule has 2 nitrogen and oxygen atoms in total. The van der Waals surface area contributed by atoms with Gasteiger partial charge in [0.25, 0.3) is 0 Å². The molecule has 4 saturated carbocycles. The van der Waals surface area contributed by atoms with Crippen LogP contribution in [0.25, 0.3) is 0 Å². The summed E-state index contributed by atoms with van der Waals surface area (Å²) in [6, 6.07) is 2.75. The third-order valence-corrected chi connectivity index (χ3v) is 13.4. The zero-order valence-corrected chi connectivity index (χ0v) is 29.2. The molecule has 5 aliphatic carbocycles. The number of hydrogen-bond acceptors (Lipinski definition) is 2. The van der Waals surface area contributed by atoms with Crippen LogP contribution in [0.1, 0.15) is 163 Å². The molecule has 0 spiro atoms. The number of nitrogens with zero attached hydrogens (tertiary/aromatic N) is 2. The molecule has 5 heteroatoms. The van der Waals surface area contributed by atoms with Gasteiger partial charge in [0.1, 0.15) is 0 Å². The molecular weight excluding hydrogens is 555 g/mol. The fourth-order valence-electron chi connectivity index (χ4n) is 7.50. The second-order valence-electron chi connectivity index (χ2n) is 13.7. The van der Waals surface area contributed by atoms with Crippen molar-refractivity contribution in [2.24, 2.45) is 5.41 Å². The van der Waals surface area contributed by atoms with Crippen molar-refractivity contribution in [1.29, 1.82) is 0 Å². The Morgan fingerprint density at radius 3 is 0.923 bits per heavy atom. The SMILES string of the molecule is CC1=C(C)C(C)(C)[C]([Ti])=C1C.ClN(C1CCCCC1)C1CCCCC1.ClN(C1CCCCC1)C1CCCCC1. The maximum atomic E-state index is 6.47. The quantitative estimate of drug-likeness (QED) is 0.230. The summed E-state index contributed by atoms with van der Waals surface area (Å²) >= 11 is 15.2. The fraction of sp³-hybridized carbons (Fsp3) is 0.882. The van der Waals surface area contributed by atoms with Crippen LogP contribution in [0.2, 0.25) is 0 Å². The standard InChI is InChI=1S/2C12H22ClN.C10H15.Ti/c2*13-14(11-7-3-1-4-8-11)12-9-5-2-6-10-12;1-7-6-10(4,5)9(3)8(7)2;/h2*11-12H,1-10H2;1-5H3;. The van der Waals surface area contributed by atoms with Crippen LogP contribution in [-0.2, 0) is 20.4 Å². The van der Waals surface area contributed by atoms with E-state index in [1.54, 1.807) is 0 Å². The van der Waals surface area contributed by atoms with Crippen LogP contribution in [0.15, 0.2) is 20.6 Å². The normalized spacial score (nSPS) is 25.9. The zero-order valence-electron chi connectivity index (χ0n) is 26.1. The molecule has 0 saturated heterocycles. The largest absolute Gasteiger partial charge is 0.214 e. The van der Waals surface area contributed by atoms with E-state index in [1.807, 2.05) is 0 Å². The molecule has 5 aliphatic rings. The molecule has 0 aromatic heterocycles. The van der Waals surface area contributed by atoms with Crippen molar-refractivity contribution in [3.63, 3.8) is 0 Å². The number of hydrogen-bond donors (Lipinski definition) is 0. The zero-order chi connectivity index (χ0) is 28.4. The summed E-state index contributed by atoms with van der Waals surface area (Å²) in [5, 5.41) is 0. The first-order valence-corrected chi connectivity index (χ1v) is 18.1. The van der Waals surface area contributed by atoms with Gasteiger partial charge < -0.3 is 0 Å². The third-order valence-electron chi connectivity index (χ3n) is 10.8. The van der Waals surface area contributed by atoms with Crippen molar-refractivity contribution in [1.82, 2.24) is 8.84 Å². The Bertz CT molecular complexity index is 683. The predicted octanol–water partition coefficient (Wildman–Crippen LogP) is 11.4. The second-order valence-corrected chi connectivity index (χ2v) is 15.3. The van der Waals surface area contributed by atoms with Crippen LogP contribution >= 0.6 is 23.6 Å². The van der Waals surface area contributed by atoms with E-state index in [4.69, 9.17) is 23.6 Å². The summed E-state index contributed by atoms with van der Waals surface area (Å²) in [5.74, 6) is 0. The van der Waals surface area contributed by atoms with Gasteiger partial charge in [0.15, 0.2) is 0 Å². The third kappa shape index (κ3) is 9.86. The molecule has 0 heterocycles. The molecule has 39 heavy (non-hydrogen) atoms. The van der Waals surface area contributed by atoms with Gasteiger partial charge in [0.2, 0.25) is 0 Å². The molecule has 0 atom stereocenters. The van der Waals surface area contributed by atoms with Crippen molar-refractivity contribution < 1.29 is 20.4 Å². The molecule has 0 N–H and O–H groups in total. The van der Waals surface area contributed by atoms with Gasteiger partial charge in [-0.1, -0.05) is 77.0 Å². The summed E-state index contributed by atoms with van der Waals surface area (Å²) in [6.07, 6.45) is 27.5. The Morgan fingerprint density at radius 1 is 0.513 bits per heavy atom. The van der Waals surface area contributed by atoms with Crippen molar-refractivity contribution in [3.05, 3.63) is 20.6 Å². The molecule has 0 unspecified atom stereocenters. The van der Waals surface area contributed by atoms with Gasteiger partial charge in [0.05, 0.1) is 0 Å². The molecule has 0 aliphatic heterocycles. The maximum absolute atomic E-state index is 6.47. The number of rotatable bonds is 4. The van der Waals surface area contributed by atoms with E-state index in [-0.39, 0.29) is 0 Å². The van der Waals surface area contributed by atoms with Gasteiger partial charge in [-0.05, 0) is 74.9 Å². The number of halogens is 2. The Balaban J connectivity index is 0.000000163. The Labute approximate surface area is 264 Å². The van der Waals surface area contributed by atoms with Crippen LogP contribution in [0.5, 0.6) is 0 Å². The van der Waals surface area contributed by atoms with Crippen LogP contribution < -0.4 is 0 Å². The molecule has 0 amide bonds. The topological polar surface area (TPSA) is 6.48 Å². The van der Waals surface area contributed by atoms with Crippen molar-refractivity contribution >= 4 is 23.6 Å². The van der Waals surface area contributed by atoms with E-state index in [9.17, 15) is 0 Å². The van der Waals surface area contributed by atoms with Crippen LogP contribution in [-0.4, -0.2) is 33.0 Å². The van der Waals surface area contributed by atoms with Crippen molar-refractivity contribution in [3.8, 4) is 0 Å². The minimum atomic E-state index is 0.314. The van der Waals surface area contributed by atoms with Crippen molar-refractivity contribution in [2.75, 3.05) is 0 Å². The van der Waals surface area contributed by atoms with Gasteiger partial charge in [0, 0.05) is 24.2 Å². The molecule has 5 rings (SSSR count). The summed E-state index contributed by atoms with van der Waals surface area (Å²) in [4.78, 5) is 0. The minimum absolute atomic E-state index is 0.314. The first-order chi connectivity index (χ1) is 18.6. The summed E-state index contributed by atoms with van der Waals surface area (Å²) in [5.41, 5.74) is 4.83. The smallest absolute Gasteiger partial charge is 0.0254 e. The molecular formula is C34H59Cl2N2Ti. The molecule has 0 aromatic carbocycles. The summed E-state index contributed by atoms with van der Waals surface area (Å²) < 4.78 is 5.92. The van der Waals surface area contributed by atoms with Gasteiger partial charge in [-0.25, -0.2) is 8.84 Å². The fourth-order valence-corrected chi connectivity index (χ4v) is 8.87. The van der Waals surface area contributed by atoms with Crippen LogP contribution in [0, 0.1) is 5.41 Å². The van der Waals surface area contributed by atoms with Crippen LogP contribution in [0.4, 0.5) is 0 Å². The molecule has 0 bridgehead atoms. The average molecular weight is 615 g/mol. The molecule has 0 aromatic rings. The van der Waals surface area contributed by atoms with Gasteiger partial charge in [-0.15, -0.1) is 0 Å². The Hall–Kier alpha value is 0.694. The molecule has 223 valence electrons. The first kappa shape index (κ1) is 34.2. The number of allylic oxidation sites excluding steroid dienone is 4. The minimum Gasteiger partial charge on any atom is -0.214 e. The maximum Gasteiger partial charge on any atom is 0.0254 e. The van der Waals surface area contributed by atoms with E-state index >= 15 is 0 Å². The van der Waals surface area contributed by atoms with E-state index in [0.29, 0.717) is 29.6 Å². The van der Waals surface area contributed by atoms with Gasteiger partial charge in [-0.2, -0.15) is 0 Å². The van der Waals surface area contributed by atoms with E-state index in [0.717, 1.165) is 0 Å². The summed E-state index contributed by atoms with van der Waals surface area (Å²) in [6.45, 7) is 11.3. The monoisotopic (exact) mass is 613 g/mol. The molecule has 4 fully saturated rings. The Morgan fingerprint density at radius 2 is 0.769 bits per heavy atom. The Kier molecular flexibility index (Phi) is 15.0. The van der Waals surface area contributed by atoms with Gasteiger partial charge in [-0.3, -0.25) is 0 Å². The average Bonchev–Trinajstić information content (AvgIpc) is 3.13. The van der Waals surface area contributed by atoms with Crippen molar-refractivity contribution in [2.45, 2.75) is 187 Å². The second kappa shape index (κ2) is 17.1. The van der Waals surface area contributed by atoms with Crippen LogP contribution in [0.3, 0.4) is 0 Å². The predicted molar refractivity (Wildman–Crippen MR) is 168 cm³/mol.